The van der Waals surface area contributed by atoms with E-state index in [-0.39, 0.29) is 17.6 Å². The topological polar surface area (TPSA) is 64.6 Å². The first kappa shape index (κ1) is 17.1. The zero-order valence-electron chi connectivity index (χ0n) is 14.7. The highest BCUT2D eigenvalue weighted by Crippen LogP contribution is 2.37. The van der Waals surface area contributed by atoms with E-state index in [0.717, 1.165) is 24.8 Å². The largest absolute Gasteiger partial charge is 0.372 e. The molecule has 0 saturated carbocycles. The Labute approximate surface area is 153 Å². The highest BCUT2D eigenvalue weighted by molar-refractivity contribution is 5.92. The Kier molecular flexibility index (Phi) is 4.95. The number of ether oxygens (including phenoxy) is 2. The van der Waals surface area contributed by atoms with Gasteiger partial charge in [-0.2, -0.15) is 0 Å². The summed E-state index contributed by atoms with van der Waals surface area (Å²) in [6, 6.07) is 9.36. The molecule has 1 spiro atoms. The smallest absolute Gasteiger partial charge is 0.272 e. The van der Waals surface area contributed by atoms with E-state index in [9.17, 15) is 4.79 Å². The summed E-state index contributed by atoms with van der Waals surface area (Å²) in [6.07, 6.45) is 7.91. The van der Waals surface area contributed by atoms with Crippen LogP contribution in [0.2, 0.25) is 0 Å². The normalized spacial score (nSPS) is 21.8. The molecule has 2 fully saturated rings. The summed E-state index contributed by atoms with van der Waals surface area (Å²) >= 11 is 0. The Hall–Kier alpha value is -2.31. The third-order valence-electron chi connectivity index (χ3n) is 5.26. The number of carbonyl (C=O) groups excluding carboxylic acids is 1. The van der Waals surface area contributed by atoms with E-state index in [1.807, 2.05) is 29.2 Å². The summed E-state index contributed by atoms with van der Waals surface area (Å²) in [7, 11) is 0. The van der Waals surface area contributed by atoms with Crippen LogP contribution in [0.15, 0.2) is 48.9 Å². The van der Waals surface area contributed by atoms with Gasteiger partial charge in [-0.05, 0) is 42.7 Å². The van der Waals surface area contributed by atoms with E-state index in [1.165, 1.54) is 0 Å². The number of nitrogens with zero attached hydrogens (tertiary/aromatic N) is 3. The van der Waals surface area contributed by atoms with Crippen molar-refractivity contribution in [3.63, 3.8) is 0 Å². The van der Waals surface area contributed by atoms with Crippen molar-refractivity contribution >= 4 is 5.91 Å². The molecule has 2 aromatic heterocycles. The average molecular weight is 353 g/mol. The van der Waals surface area contributed by atoms with Crippen LogP contribution in [0.4, 0.5) is 0 Å². The van der Waals surface area contributed by atoms with Crippen molar-refractivity contribution in [2.45, 2.75) is 37.6 Å². The van der Waals surface area contributed by atoms with E-state index < -0.39 is 0 Å². The number of carbonyl (C=O) groups is 1. The number of aromatic nitrogens is 2. The first-order valence-corrected chi connectivity index (χ1v) is 9.09. The lowest BCUT2D eigenvalue weighted by Gasteiger charge is -2.38. The minimum absolute atomic E-state index is 0.00364. The molecular formula is C20H23N3O3. The van der Waals surface area contributed by atoms with Gasteiger partial charge in [-0.15, -0.1) is 0 Å². The van der Waals surface area contributed by atoms with Crippen molar-refractivity contribution in [3.8, 4) is 0 Å². The Morgan fingerprint density at radius 1 is 1.19 bits per heavy atom. The fraction of sp³-hybridized carbons (Fsp3) is 0.450. The monoisotopic (exact) mass is 353 g/mol. The Morgan fingerprint density at radius 3 is 2.73 bits per heavy atom. The van der Waals surface area contributed by atoms with Gasteiger partial charge < -0.3 is 14.4 Å². The maximum Gasteiger partial charge on any atom is 0.272 e. The van der Waals surface area contributed by atoms with E-state index in [4.69, 9.17) is 9.47 Å². The lowest BCUT2D eigenvalue weighted by Crippen LogP contribution is -2.46. The second-order valence-corrected chi connectivity index (χ2v) is 6.99. The molecule has 6 nitrogen and oxygen atoms in total. The van der Waals surface area contributed by atoms with Crippen LogP contribution in [0.3, 0.4) is 0 Å². The molecular weight excluding hydrogens is 330 g/mol. The van der Waals surface area contributed by atoms with Crippen LogP contribution in [0, 0.1) is 0 Å². The summed E-state index contributed by atoms with van der Waals surface area (Å²) in [5.41, 5.74) is 1.48. The molecule has 0 N–H and O–H groups in total. The number of amides is 1. The molecule has 4 rings (SSSR count). The highest BCUT2D eigenvalue weighted by Gasteiger charge is 2.44. The van der Waals surface area contributed by atoms with Crippen molar-refractivity contribution in [1.82, 2.24) is 14.9 Å². The third kappa shape index (κ3) is 3.76. The first-order valence-electron chi connectivity index (χ1n) is 9.09. The van der Waals surface area contributed by atoms with Crippen LogP contribution in [0.25, 0.3) is 0 Å². The van der Waals surface area contributed by atoms with Crippen molar-refractivity contribution in [2.24, 2.45) is 0 Å². The van der Waals surface area contributed by atoms with Gasteiger partial charge in [-0.1, -0.05) is 6.07 Å². The van der Waals surface area contributed by atoms with E-state index in [0.29, 0.717) is 32.0 Å². The Balaban J connectivity index is 1.28. The summed E-state index contributed by atoms with van der Waals surface area (Å²) in [4.78, 5) is 22.6. The molecule has 1 amide bonds. The van der Waals surface area contributed by atoms with Crippen LogP contribution in [-0.4, -0.2) is 52.2 Å². The number of hydrogen-bond donors (Lipinski definition) is 0. The second kappa shape index (κ2) is 7.51. The molecule has 0 radical (unpaired) electrons. The molecule has 136 valence electrons. The molecule has 0 aromatic carbocycles. The fourth-order valence-corrected chi connectivity index (χ4v) is 3.72. The maximum atomic E-state index is 12.5. The minimum Gasteiger partial charge on any atom is -0.372 e. The zero-order valence-corrected chi connectivity index (χ0v) is 14.7. The van der Waals surface area contributed by atoms with Crippen LogP contribution < -0.4 is 0 Å². The Bertz CT molecular complexity index is 730. The molecule has 26 heavy (non-hydrogen) atoms. The van der Waals surface area contributed by atoms with Gasteiger partial charge in [0.05, 0.1) is 24.9 Å². The Morgan fingerprint density at radius 2 is 2.00 bits per heavy atom. The first-order chi connectivity index (χ1) is 12.7. The fourth-order valence-electron chi connectivity index (χ4n) is 3.72. The summed E-state index contributed by atoms with van der Waals surface area (Å²) < 4.78 is 12.1. The van der Waals surface area contributed by atoms with E-state index in [1.54, 1.807) is 24.7 Å². The van der Waals surface area contributed by atoms with Crippen LogP contribution in [0.1, 0.15) is 35.3 Å². The minimum atomic E-state index is -0.149. The molecule has 2 aliphatic heterocycles. The third-order valence-corrected chi connectivity index (χ3v) is 5.26. The maximum absolute atomic E-state index is 12.5. The second-order valence-electron chi connectivity index (χ2n) is 6.99. The predicted molar refractivity (Wildman–Crippen MR) is 95.5 cm³/mol. The summed E-state index contributed by atoms with van der Waals surface area (Å²) in [6.45, 7) is 2.61. The number of hydrogen-bond acceptors (Lipinski definition) is 5. The van der Waals surface area contributed by atoms with E-state index in [2.05, 4.69) is 9.97 Å². The van der Waals surface area contributed by atoms with Crippen LogP contribution in [-0.2, 0) is 16.1 Å². The van der Waals surface area contributed by atoms with Gasteiger partial charge in [0, 0.05) is 38.1 Å². The van der Waals surface area contributed by atoms with Crippen LogP contribution >= 0.6 is 0 Å². The van der Waals surface area contributed by atoms with Gasteiger partial charge in [-0.25, -0.2) is 0 Å². The number of pyridine rings is 2. The molecule has 4 heterocycles. The standard InChI is InChI=1S/C20H23N3O3/c24-19(18-3-1-2-8-22-18)23-11-6-20(7-12-23)13-17(15-26-20)25-14-16-4-9-21-10-5-16/h1-5,8-10,17H,6-7,11-15H2/t17-/m1/s1. The molecule has 2 aromatic rings. The SMILES string of the molecule is O=C(c1ccccn1)N1CCC2(CC1)C[C@@H](OCc1ccncc1)CO2. The molecule has 0 bridgehead atoms. The van der Waals surface area contributed by atoms with Gasteiger partial charge in [0.1, 0.15) is 5.69 Å². The van der Waals surface area contributed by atoms with Crippen molar-refractivity contribution in [2.75, 3.05) is 19.7 Å². The number of rotatable bonds is 4. The highest BCUT2D eigenvalue weighted by atomic mass is 16.6. The predicted octanol–water partition coefficient (Wildman–Crippen LogP) is 2.46. The van der Waals surface area contributed by atoms with E-state index >= 15 is 0 Å². The lowest BCUT2D eigenvalue weighted by atomic mass is 9.88. The quantitative estimate of drug-likeness (QED) is 0.845. The lowest BCUT2D eigenvalue weighted by molar-refractivity contribution is -0.0413. The van der Waals surface area contributed by atoms with Crippen LogP contribution in [0.5, 0.6) is 0 Å². The molecule has 0 unspecified atom stereocenters. The van der Waals surface area contributed by atoms with Gasteiger partial charge >= 0.3 is 0 Å². The van der Waals surface area contributed by atoms with Crippen molar-refractivity contribution < 1.29 is 14.3 Å². The molecule has 1 atom stereocenters. The molecule has 2 saturated heterocycles. The number of likely N-dealkylation sites (tertiary alicyclic amines) is 1. The van der Waals surface area contributed by atoms with Gasteiger partial charge in [0.25, 0.3) is 5.91 Å². The average Bonchev–Trinajstić information content (AvgIpc) is 3.10. The summed E-state index contributed by atoms with van der Waals surface area (Å²) in [5.74, 6) is 0.00364. The van der Waals surface area contributed by atoms with Gasteiger partial charge in [0.15, 0.2) is 0 Å². The van der Waals surface area contributed by atoms with Crippen molar-refractivity contribution in [3.05, 3.63) is 60.2 Å². The van der Waals surface area contributed by atoms with Gasteiger partial charge in [-0.3, -0.25) is 14.8 Å². The summed E-state index contributed by atoms with van der Waals surface area (Å²) in [5, 5.41) is 0. The molecule has 6 heteroatoms. The zero-order chi connectivity index (χ0) is 17.8. The van der Waals surface area contributed by atoms with Gasteiger partial charge in [0.2, 0.25) is 0 Å². The van der Waals surface area contributed by atoms with Crippen molar-refractivity contribution in [1.29, 1.82) is 0 Å². The molecule has 0 aliphatic carbocycles. The molecule has 2 aliphatic rings. The number of piperidine rings is 1.